The lowest BCUT2D eigenvalue weighted by molar-refractivity contribution is -0.176. The van der Waals surface area contributed by atoms with E-state index in [9.17, 15) is 14.4 Å². The van der Waals surface area contributed by atoms with Gasteiger partial charge in [0.2, 0.25) is 0 Å². The normalized spacial score (nSPS) is 16.8. The third-order valence-electron chi connectivity index (χ3n) is 4.12. The first-order valence-corrected chi connectivity index (χ1v) is 8.02. The van der Waals surface area contributed by atoms with Crippen LogP contribution in [-0.2, 0) is 20.8 Å². The molecule has 1 fully saturated rings. The molecule has 0 radical (unpaired) electrons. The minimum absolute atomic E-state index is 0.111. The number of hydroxylamine groups is 2. The number of ether oxygens (including phenoxy) is 1. The number of hydrogen-bond acceptors (Lipinski definition) is 5. The zero-order valence-electron chi connectivity index (χ0n) is 13.9. The molecule has 1 N–H and O–H groups in total. The highest BCUT2D eigenvalue weighted by Crippen LogP contribution is 2.31. The average molecular weight is 355 g/mol. The van der Waals surface area contributed by atoms with Crippen molar-refractivity contribution in [1.29, 1.82) is 0 Å². The molecule has 7 nitrogen and oxygen atoms in total. The molecule has 26 heavy (non-hydrogen) atoms. The Morgan fingerprint density at radius 3 is 2.62 bits per heavy atom. The van der Waals surface area contributed by atoms with Crippen molar-refractivity contribution in [3.63, 3.8) is 0 Å². The Morgan fingerprint density at radius 2 is 1.96 bits per heavy atom. The second kappa shape index (κ2) is 7.26. The van der Waals surface area contributed by atoms with Gasteiger partial charge < -0.3 is 9.84 Å². The average Bonchev–Trinajstić information content (AvgIpc) is 2.87. The minimum atomic E-state index is -1.70. The molecular weight excluding hydrogens is 338 g/mol. The van der Waals surface area contributed by atoms with E-state index in [1.54, 1.807) is 6.08 Å². The van der Waals surface area contributed by atoms with E-state index in [-0.39, 0.29) is 12.8 Å². The standard InChI is InChI=1S/C19H17NO6/c1-2-7-25-16-10-13-6-4-3-5-12(13)8-14(16)9-15-11-17(21)20(18(15)22)26-19(23)24/h2-6,8,10,15H,1,7,9,11H2,(H,23,24). The van der Waals surface area contributed by atoms with Gasteiger partial charge in [-0.2, -0.15) is 0 Å². The van der Waals surface area contributed by atoms with Gasteiger partial charge in [-0.3, -0.25) is 14.4 Å². The molecule has 1 aliphatic rings. The SMILES string of the molecule is C=CCOc1cc2ccccc2cc1CC1CC(=O)N(OC(=O)O)C1=O. The van der Waals surface area contributed by atoms with E-state index < -0.39 is 23.9 Å². The smallest absolute Gasteiger partial charge is 0.489 e. The fraction of sp³-hybridized carbons (Fsp3) is 0.211. The van der Waals surface area contributed by atoms with E-state index in [2.05, 4.69) is 11.4 Å². The second-order valence-electron chi connectivity index (χ2n) is 5.90. The molecule has 0 aromatic heterocycles. The molecule has 2 aromatic carbocycles. The Morgan fingerprint density at radius 1 is 1.27 bits per heavy atom. The first kappa shape index (κ1) is 17.5. The van der Waals surface area contributed by atoms with E-state index in [0.717, 1.165) is 16.3 Å². The number of rotatable bonds is 6. The van der Waals surface area contributed by atoms with E-state index in [0.29, 0.717) is 17.4 Å². The summed E-state index contributed by atoms with van der Waals surface area (Å²) in [4.78, 5) is 39.1. The highest BCUT2D eigenvalue weighted by Gasteiger charge is 2.42. The fourth-order valence-electron chi connectivity index (χ4n) is 2.98. The van der Waals surface area contributed by atoms with E-state index >= 15 is 0 Å². The van der Waals surface area contributed by atoms with Gasteiger partial charge in [0, 0.05) is 6.42 Å². The van der Waals surface area contributed by atoms with Gasteiger partial charge in [0.25, 0.3) is 11.8 Å². The minimum Gasteiger partial charge on any atom is -0.489 e. The van der Waals surface area contributed by atoms with Gasteiger partial charge in [0.15, 0.2) is 0 Å². The summed E-state index contributed by atoms with van der Waals surface area (Å²) in [6.45, 7) is 3.93. The zero-order chi connectivity index (χ0) is 18.7. The first-order chi connectivity index (χ1) is 12.5. The van der Waals surface area contributed by atoms with Crippen molar-refractivity contribution in [1.82, 2.24) is 5.06 Å². The molecule has 0 saturated carbocycles. The molecule has 1 atom stereocenters. The van der Waals surface area contributed by atoms with Crippen LogP contribution in [0.3, 0.4) is 0 Å². The van der Waals surface area contributed by atoms with Gasteiger partial charge in [-0.1, -0.05) is 42.0 Å². The molecular formula is C19H17NO6. The topological polar surface area (TPSA) is 93.1 Å². The quantitative estimate of drug-likeness (QED) is 0.633. The van der Waals surface area contributed by atoms with Crippen LogP contribution in [0.15, 0.2) is 49.1 Å². The fourth-order valence-corrected chi connectivity index (χ4v) is 2.98. The van der Waals surface area contributed by atoms with Crippen molar-refractivity contribution < 1.29 is 29.1 Å². The summed E-state index contributed by atoms with van der Waals surface area (Å²) in [6.07, 6.45) is 0.0420. The van der Waals surface area contributed by atoms with Crippen LogP contribution in [0.1, 0.15) is 12.0 Å². The third-order valence-corrected chi connectivity index (χ3v) is 4.12. The molecule has 0 aliphatic carbocycles. The number of fused-ring (bicyclic) bond motifs is 1. The van der Waals surface area contributed by atoms with Gasteiger partial charge in [-0.05, 0) is 34.9 Å². The Bertz CT molecular complexity index is 891. The largest absolute Gasteiger partial charge is 0.531 e. The number of carbonyl (C=O) groups is 3. The van der Waals surface area contributed by atoms with Crippen molar-refractivity contribution >= 4 is 28.7 Å². The molecule has 2 amide bonds. The van der Waals surface area contributed by atoms with Crippen molar-refractivity contribution in [3.8, 4) is 5.75 Å². The zero-order valence-corrected chi connectivity index (χ0v) is 13.9. The van der Waals surface area contributed by atoms with Gasteiger partial charge in [0.1, 0.15) is 12.4 Å². The maximum absolute atomic E-state index is 12.3. The third kappa shape index (κ3) is 3.51. The van der Waals surface area contributed by atoms with Crippen molar-refractivity contribution in [2.45, 2.75) is 12.8 Å². The second-order valence-corrected chi connectivity index (χ2v) is 5.90. The van der Waals surface area contributed by atoms with Crippen LogP contribution < -0.4 is 4.74 Å². The highest BCUT2D eigenvalue weighted by molar-refractivity contribution is 6.03. The highest BCUT2D eigenvalue weighted by atomic mass is 16.8. The predicted octanol–water partition coefficient (Wildman–Crippen LogP) is 2.93. The van der Waals surface area contributed by atoms with Crippen LogP contribution in [0.2, 0.25) is 0 Å². The molecule has 0 bridgehead atoms. The lowest BCUT2D eigenvalue weighted by atomic mass is 9.95. The van der Waals surface area contributed by atoms with Gasteiger partial charge in [-0.25, -0.2) is 4.79 Å². The maximum atomic E-state index is 12.3. The number of amides is 2. The van der Waals surface area contributed by atoms with Crippen LogP contribution in [0, 0.1) is 5.92 Å². The van der Waals surface area contributed by atoms with Gasteiger partial charge in [0.05, 0.1) is 5.92 Å². The molecule has 2 aromatic rings. The summed E-state index contributed by atoms with van der Waals surface area (Å²) < 4.78 is 5.70. The van der Waals surface area contributed by atoms with Crippen molar-refractivity contribution in [3.05, 3.63) is 54.6 Å². The summed E-state index contributed by atoms with van der Waals surface area (Å²) in [6, 6.07) is 11.5. The van der Waals surface area contributed by atoms with Crippen molar-refractivity contribution in [2.24, 2.45) is 5.92 Å². The van der Waals surface area contributed by atoms with Gasteiger partial charge >= 0.3 is 6.16 Å². The van der Waals surface area contributed by atoms with Crippen LogP contribution in [0.5, 0.6) is 5.75 Å². The summed E-state index contributed by atoms with van der Waals surface area (Å²) in [5, 5.41) is 10.9. The monoisotopic (exact) mass is 355 g/mol. The number of carbonyl (C=O) groups excluding carboxylic acids is 2. The van der Waals surface area contributed by atoms with Crippen LogP contribution in [-0.4, -0.2) is 34.7 Å². The summed E-state index contributed by atoms with van der Waals surface area (Å²) >= 11 is 0. The molecule has 3 rings (SSSR count). The number of imide groups is 1. The maximum Gasteiger partial charge on any atom is 0.531 e. The molecule has 1 aliphatic heterocycles. The Kier molecular flexibility index (Phi) is 4.88. The van der Waals surface area contributed by atoms with Crippen LogP contribution in [0.25, 0.3) is 10.8 Å². The van der Waals surface area contributed by atoms with Gasteiger partial charge in [-0.15, -0.1) is 0 Å². The molecule has 1 saturated heterocycles. The van der Waals surface area contributed by atoms with Crippen LogP contribution >= 0.6 is 0 Å². The summed E-state index contributed by atoms with van der Waals surface area (Å²) in [5.74, 6) is -1.44. The lowest BCUT2D eigenvalue weighted by Gasteiger charge is -2.15. The molecule has 7 heteroatoms. The number of carboxylic acid groups (broad SMARTS) is 1. The van der Waals surface area contributed by atoms with E-state index in [1.807, 2.05) is 36.4 Å². The number of benzene rings is 2. The summed E-state index contributed by atoms with van der Waals surface area (Å²) in [7, 11) is 0. The molecule has 1 heterocycles. The van der Waals surface area contributed by atoms with E-state index in [4.69, 9.17) is 9.84 Å². The summed E-state index contributed by atoms with van der Waals surface area (Å²) in [5.41, 5.74) is 0.758. The Balaban J connectivity index is 1.89. The molecule has 0 spiro atoms. The molecule has 1 unspecified atom stereocenters. The lowest BCUT2D eigenvalue weighted by Crippen LogP contribution is -2.33. The van der Waals surface area contributed by atoms with E-state index in [1.165, 1.54) is 0 Å². The molecule has 134 valence electrons. The van der Waals surface area contributed by atoms with Crippen molar-refractivity contribution in [2.75, 3.05) is 6.61 Å². The first-order valence-electron chi connectivity index (χ1n) is 8.02. The predicted molar refractivity (Wildman–Crippen MR) is 92.4 cm³/mol. The number of hydrogen-bond donors (Lipinski definition) is 1. The number of nitrogens with zero attached hydrogens (tertiary/aromatic N) is 1. The van der Waals surface area contributed by atoms with Crippen LogP contribution in [0.4, 0.5) is 4.79 Å². The Hall–Kier alpha value is -3.35. The Labute approximate surface area is 149 Å².